The molecule has 0 saturated carbocycles. The molecule has 0 saturated heterocycles. The summed E-state index contributed by atoms with van der Waals surface area (Å²) in [5.41, 5.74) is 1.39. The summed E-state index contributed by atoms with van der Waals surface area (Å²) >= 11 is 0. The molecule has 10 heteroatoms. The molecule has 5 atom stereocenters. The van der Waals surface area contributed by atoms with Gasteiger partial charge in [0.15, 0.2) is 0 Å². The van der Waals surface area contributed by atoms with Crippen LogP contribution in [0.25, 0.3) is 0 Å². The molecule has 9 nitrogen and oxygen atoms in total. The second-order valence-corrected chi connectivity index (χ2v) is 6.23. The maximum absolute atomic E-state index is 5.67. The molecule has 0 bridgehead atoms. The van der Waals surface area contributed by atoms with E-state index in [1.807, 2.05) is 0 Å². The van der Waals surface area contributed by atoms with Crippen LogP contribution in [0.15, 0.2) is 12.4 Å². The van der Waals surface area contributed by atoms with Crippen LogP contribution in [-0.4, -0.2) is 97.4 Å². The smallest absolute Gasteiger partial charge is 0.129 e. The predicted molar refractivity (Wildman–Crippen MR) is 102 cm³/mol. The fourth-order valence-electron chi connectivity index (χ4n) is 3.08. The Morgan fingerprint density at radius 1 is 0.724 bits per heavy atom. The molecule has 0 spiro atoms. The van der Waals surface area contributed by atoms with Gasteiger partial charge in [-0.05, 0) is 0 Å². The number of aromatic nitrogens is 2. The third-order valence-corrected chi connectivity index (χ3v) is 4.58. The largest absolute Gasteiger partial charge is 0.382 e. The predicted octanol–water partition coefficient (Wildman–Crippen LogP) is 1.06. The summed E-state index contributed by atoms with van der Waals surface area (Å²) in [6, 6.07) is 0. The van der Waals surface area contributed by atoms with Crippen LogP contribution in [0.2, 0.25) is 0 Å². The van der Waals surface area contributed by atoms with E-state index in [0.29, 0.717) is 25.3 Å². The van der Waals surface area contributed by atoms with Crippen molar-refractivity contribution in [3.05, 3.63) is 23.8 Å². The summed E-state index contributed by atoms with van der Waals surface area (Å²) in [6.45, 7) is 0.779. The van der Waals surface area contributed by atoms with Gasteiger partial charge in [-0.25, -0.2) is 0 Å². The molecule has 0 aromatic carbocycles. The van der Waals surface area contributed by atoms with Gasteiger partial charge in [0.2, 0.25) is 0 Å². The van der Waals surface area contributed by atoms with Crippen molar-refractivity contribution in [1.82, 2.24) is 9.97 Å². The number of rotatable bonds is 15. The fraction of sp³-hybridized carbons (Fsp3) is 0.789. The molecular weight excluding hydrogens is 419 g/mol. The van der Waals surface area contributed by atoms with Crippen molar-refractivity contribution in [2.75, 3.05) is 63.0 Å². The zero-order chi connectivity index (χ0) is 20.9. The summed E-state index contributed by atoms with van der Waals surface area (Å²) in [7, 11) is 11.3. The minimum Gasteiger partial charge on any atom is -0.382 e. The zero-order valence-electron chi connectivity index (χ0n) is 18.4. The first-order chi connectivity index (χ1) is 13.6. The zero-order valence-corrected chi connectivity index (χ0v) is 19.8. The third kappa shape index (κ3) is 8.57. The van der Waals surface area contributed by atoms with Crippen molar-refractivity contribution in [3.8, 4) is 0 Å². The van der Waals surface area contributed by atoms with Crippen LogP contribution >= 0.6 is 0 Å². The van der Waals surface area contributed by atoms with Gasteiger partial charge in [-0.2, -0.15) is 0 Å². The van der Waals surface area contributed by atoms with E-state index in [4.69, 9.17) is 38.1 Å². The monoisotopic (exact) mass is 453 g/mol. The molecule has 1 rings (SSSR count). The van der Waals surface area contributed by atoms with Gasteiger partial charge in [0.25, 0.3) is 0 Å². The summed E-state index contributed by atoms with van der Waals surface area (Å²) < 4.78 is 38.3. The van der Waals surface area contributed by atoms with E-state index in [1.54, 1.807) is 62.2 Å². The van der Waals surface area contributed by atoms with E-state index in [1.165, 1.54) is 0 Å². The summed E-state index contributed by atoms with van der Waals surface area (Å²) in [4.78, 5) is 9.04. The van der Waals surface area contributed by atoms with E-state index in [9.17, 15) is 0 Å². The number of nitrogens with zero attached hydrogens (tertiary/aromatic N) is 2. The van der Waals surface area contributed by atoms with E-state index >= 15 is 0 Å². The second kappa shape index (κ2) is 16.1. The molecule has 0 N–H and O–H groups in total. The van der Waals surface area contributed by atoms with Crippen LogP contribution in [-0.2, 0) is 58.1 Å². The molecule has 167 valence electrons. The third-order valence-electron chi connectivity index (χ3n) is 4.58. The van der Waals surface area contributed by atoms with Crippen molar-refractivity contribution >= 4 is 0 Å². The molecule has 0 aliphatic rings. The summed E-state index contributed by atoms with van der Waals surface area (Å²) in [5, 5.41) is 0. The van der Waals surface area contributed by atoms with E-state index in [0.717, 1.165) is 5.69 Å². The van der Waals surface area contributed by atoms with Crippen LogP contribution in [0.3, 0.4) is 0 Å². The Labute approximate surface area is 185 Å². The first-order valence-corrected chi connectivity index (χ1v) is 9.02. The normalized spacial score (nSPS) is 16.5. The molecule has 1 heterocycles. The number of methoxy groups -OCH3 is 7. The van der Waals surface area contributed by atoms with Gasteiger partial charge >= 0.3 is 0 Å². The molecule has 0 fully saturated rings. The number of hydrogen-bond acceptors (Lipinski definition) is 9. The summed E-state index contributed by atoms with van der Waals surface area (Å²) in [5.74, 6) is 0. The molecule has 0 aliphatic heterocycles. The fourth-order valence-corrected chi connectivity index (χ4v) is 3.08. The SMILES string of the molecule is COCC(OC)C(Cc1cncc(C(OC)C(OC)C(COC)OC)n1)OC.[V]. The van der Waals surface area contributed by atoms with Crippen molar-refractivity contribution < 1.29 is 51.7 Å². The second-order valence-electron chi connectivity index (χ2n) is 6.23. The first-order valence-electron chi connectivity index (χ1n) is 9.02. The molecule has 0 aliphatic carbocycles. The Bertz CT molecular complexity index is 541. The molecule has 29 heavy (non-hydrogen) atoms. The van der Waals surface area contributed by atoms with Crippen molar-refractivity contribution in [2.45, 2.75) is 36.9 Å². The van der Waals surface area contributed by atoms with Crippen LogP contribution < -0.4 is 0 Å². The van der Waals surface area contributed by atoms with E-state index in [-0.39, 0.29) is 36.9 Å². The maximum atomic E-state index is 5.67. The number of hydrogen-bond donors (Lipinski definition) is 0. The minimum atomic E-state index is -0.476. The van der Waals surface area contributed by atoms with Crippen LogP contribution in [0.1, 0.15) is 17.5 Å². The Kier molecular flexibility index (Phi) is 15.8. The topological polar surface area (TPSA) is 90.4 Å². The van der Waals surface area contributed by atoms with Gasteiger partial charge in [-0.15, -0.1) is 0 Å². The Hall–Kier alpha value is -0.616. The van der Waals surface area contributed by atoms with E-state index in [2.05, 4.69) is 4.98 Å². The molecule has 1 aromatic rings. The molecule has 0 amide bonds. The standard InChI is InChI=1S/C19H34N2O7.V/c1-22-11-16(25-4)15(24-3)8-13-9-20-10-14(21-13)18(27-6)19(28-7)17(26-5)12-23-2;/h9-10,15-19H,8,11-12H2,1-7H3;. The summed E-state index contributed by atoms with van der Waals surface area (Å²) in [6.07, 6.45) is 2.21. The van der Waals surface area contributed by atoms with Gasteiger partial charge < -0.3 is 33.2 Å². The average Bonchev–Trinajstić information content (AvgIpc) is 2.73. The number of ether oxygens (including phenoxy) is 7. The molecule has 1 aromatic heterocycles. The van der Waals surface area contributed by atoms with Gasteiger partial charge in [0.1, 0.15) is 24.4 Å². The molecular formula is C19H34N2O7V. The van der Waals surface area contributed by atoms with Crippen molar-refractivity contribution in [3.63, 3.8) is 0 Å². The maximum Gasteiger partial charge on any atom is 0.129 e. The van der Waals surface area contributed by atoms with Crippen LogP contribution in [0, 0.1) is 0 Å². The van der Waals surface area contributed by atoms with E-state index < -0.39 is 12.2 Å². The Morgan fingerprint density at radius 3 is 1.79 bits per heavy atom. The quantitative estimate of drug-likeness (QED) is 0.387. The first kappa shape index (κ1) is 28.4. The van der Waals surface area contributed by atoms with Crippen LogP contribution in [0.4, 0.5) is 0 Å². The van der Waals surface area contributed by atoms with Gasteiger partial charge in [-0.1, -0.05) is 0 Å². The Balaban J connectivity index is 0.00000784. The Morgan fingerprint density at radius 2 is 1.31 bits per heavy atom. The van der Waals surface area contributed by atoms with Crippen molar-refractivity contribution in [2.24, 2.45) is 0 Å². The minimum absolute atomic E-state index is 0. The van der Waals surface area contributed by atoms with Crippen molar-refractivity contribution in [1.29, 1.82) is 0 Å². The van der Waals surface area contributed by atoms with Gasteiger partial charge in [0.05, 0.1) is 36.9 Å². The molecule has 5 unspecified atom stereocenters. The molecule has 1 radical (unpaired) electrons. The average molecular weight is 453 g/mol. The van der Waals surface area contributed by atoms with Crippen LogP contribution in [0.5, 0.6) is 0 Å². The van der Waals surface area contributed by atoms with Gasteiger partial charge in [0, 0.05) is 80.9 Å². The van der Waals surface area contributed by atoms with Gasteiger partial charge in [-0.3, -0.25) is 9.97 Å².